The second-order valence-electron chi connectivity index (χ2n) is 3.88. The molecule has 20 heavy (non-hydrogen) atoms. The van der Waals surface area contributed by atoms with Gasteiger partial charge in [-0.1, -0.05) is 0 Å². The van der Waals surface area contributed by atoms with Gasteiger partial charge in [0.1, 0.15) is 11.6 Å². The summed E-state index contributed by atoms with van der Waals surface area (Å²) < 4.78 is 51.8. The number of rotatable bonds is 5. The predicted molar refractivity (Wildman–Crippen MR) is 67.6 cm³/mol. The van der Waals surface area contributed by atoms with Crippen LogP contribution < -0.4 is 5.32 Å². The third-order valence-electron chi connectivity index (χ3n) is 2.57. The van der Waals surface area contributed by atoms with Gasteiger partial charge in [-0.25, -0.2) is 13.5 Å². The molecule has 1 aromatic heterocycles. The SMILES string of the molecule is Cl.Fc1ccc(F)c(CNCc2ccnn2C(F)F)c1. The van der Waals surface area contributed by atoms with Crippen LogP contribution in [0.25, 0.3) is 0 Å². The molecule has 0 atom stereocenters. The van der Waals surface area contributed by atoms with Gasteiger partial charge >= 0.3 is 6.55 Å². The van der Waals surface area contributed by atoms with Crippen molar-refractivity contribution in [3.63, 3.8) is 0 Å². The number of nitrogens with one attached hydrogen (secondary N) is 1. The number of hydrogen-bond acceptors (Lipinski definition) is 2. The minimum absolute atomic E-state index is 0. The molecule has 1 aromatic carbocycles. The van der Waals surface area contributed by atoms with E-state index in [0.29, 0.717) is 4.68 Å². The summed E-state index contributed by atoms with van der Waals surface area (Å²) in [5.41, 5.74) is 0.412. The van der Waals surface area contributed by atoms with E-state index in [1.807, 2.05) is 0 Å². The van der Waals surface area contributed by atoms with Crippen molar-refractivity contribution in [2.75, 3.05) is 0 Å². The summed E-state index contributed by atoms with van der Waals surface area (Å²) >= 11 is 0. The average Bonchev–Trinajstić information content (AvgIpc) is 2.82. The Hall–Kier alpha value is -1.60. The summed E-state index contributed by atoms with van der Waals surface area (Å²) in [5, 5.41) is 6.23. The second kappa shape index (κ2) is 7.25. The van der Waals surface area contributed by atoms with Crippen LogP contribution in [-0.2, 0) is 13.1 Å². The molecule has 3 nitrogen and oxygen atoms in total. The zero-order chi connectivity index (χ0) is 13.8. The summed E-state index contributed by atoms with van der Waals surface area (Å²) in [6, 6.07) is 4.54. The fourth-order valence-electron chi connectivity index (χ4n) is 1.66. The molecule has 0 bridgehead atoms. The van der Waals surface area contributed by atoms with E-state index in [9.17, 15) is 17.6 Å². The largest absolute Gasteiger partial charge is 0.333 e. The van der Waals surface area contributed by atoms with Gasteiger partial charge < -0.3 is 5.32 Å². The van der Waals surface area contributed by atoms with Crippen molar-refractivity contribution < 1.29 is 17.6 Å². The van der Waals surface area contributed by atoms with Crippen molar-refractivity contribution in [1.82, 2.24) is 15.1 Å². The molecule has 110 valence electrons. The highest BCUT2D eigenvalue weighted by atomic mass is 35.5. The van der Waals surface area contributed by atoms with Gasteiger partial charge in [-0.2, -0.15) is 13.9 Å². The van der Waals surface area contributed by atoms with Crippen LogP contribution in [-0.4, -0.2) is 9.78 Å². The number of benzene rings is 1. The molecule has 0 aliphatic carbocycles. The van der Waals surface area contributed by atoms with E-state index >= 15 is 0 Å². The molecule has 1 N–H and O–H groups in total. The first-order valence-corrected chi connectivity index (χ1v) is 5.53. The Bertz CT molecular complexity index is 559. The lowest BCUT2D eigenvalue weighted by atomic mass is 10.2. The van der Waals surface area contributed by atoms with E-state index in [0.717, 1.165) is 18.2 Å². The lowest BCUT2D eigenvalue weighted by Crippen LogP contribution is -2.17. The lowest BCUT2D eigenvalue weighted by molar-refractivity contribution is 0.0531. The van der Waals surface area contributed by atoms with Gasteiger partial charge in [0.2, 0.25) is 0 Å². The van der Waals surface area contributed by atoms with Crippen molar-refractivity contribution in [2.45, 2.75) is 19.6 Å². The van der Waals surface area contributed by atoms with E-state index in [2.05, 4.69) is 10.4 Å². The highest BCUT2D eigenvalue weighted by Gasteiger charge is 2.11. The van der Waals surface area contributed by atoms with Gasteiger partial charge in [0, 0.05) is 24.8 Å². The maximum Gasteiger partial charge on any atom is 0.333 e. The molecule has 0 fully saturated rings. The molecule has 0 aliphatic heterocycles. The van der Waals surface area contributed by atoms with Crippen LogP contribution in [0.5, 0.6) is 0 Å². The zero-order valence-electron chi connectivity index (χ0n) is 10.2. The molecule has 2 aromatic rings. The fraction of sp³-hybridized carbons (Fsp3) is 0.250. The fourth-order valence-corrected chi connectivity index (χ4v) is 1.66. The minimum atomic E-state index is -2.72. The molecule has 0 aliphatic rings. The summed E-state index contributed by atoms with van der Waals surface area (Å²) in [4.78, 5) is 0. The molecule has 8 heteroatoms. The first-order valence-electron chi connectivity index (χ1n) is 5.53. The highest BCUT2D eigenvalue weighted by molar-refractivity contribution is 5.85. The topological polar surface area (TPSA) is 29.9 Å². The first kappa shape index (κ1) is 16.5. The maximum absolute atomic E-state index is 13.3. The summed E-state index contributed by atoms with van der Waals surface area (Å²) in [5.74, 6) is -1.09. The third-order valence-corrected chi connectivity index (χ3v) is 2.57. The number of nitrogens with zero attached hydrogens (tertiary/aromatic N) is 2. The predicted octanol–water partition coefficient (Wildman–Crippen LogP) is 3.27. The molecule has 0 saturated carbocycles. The Morgan fingerprint density at radius 2 is 1.90 bits per heavy atom. The normalized spacial score (nSPS) is 10.7. The van der Waals surface area contributed by atoms with Crippen molar-refractivity contribution in [1.29, 1.82) is 0 Å². The van der Waals surface area contributed by atoms with Gasteiger partial charge in [0.05, 0.1) is 5.69 Å². The monoisotopic (exact) mass is 309 g/mol. The van der Waals surface area contributed by atoms with Gasteiger partial charge in [-0.3, -0.25) is 0 Å². The van der Waals surface area contributed by atoms with E-state index in [1.165, 1.54) is 12.3 Å². The van der Waals surface area contributed by atoms with Gasteiger partial charge in [0.15, 0.2) is 0 Å². The quantitative estimate of drug-likeness (QED) is 0.859. The van der Waals surface area contributed by atoms with Crippen LogP contribution in [0, 0.1) is 11.6 Å². The van der Waals surface area contributed by atoms with E-state index in [4.69, 9.17) is 0 Å². The number of hydrogen-bond donors (Lipinski definition) is 1. The van der Waals surface area contributed by atoms with Crippen molar-refractivity contribution in [3.05, 3.63) is 53.4 Å². The van der Waals surface area contributed by atoms with Gasteiger partial charge in [-0.15, -0.1) is 12.4 Å². The van der Waals surface area contributed by atoms with Crippen molar-refractivity contribution in [3.8, 4) is 0 Å². The molecule has 0 radical (unpaired) electrons. The van der Waals surface area contributed by atoms with E-state index in [-0.39, 0.29) is 36.8 Å². The molecule has 0 amide bonds. The standard InChI is InChI=1S/C12H11F4N3.ClH/c13-9-1-2-11(14)8(5-9)6-17-7-10-3-4-18-19(10)12(15)16;/h1-5,12,17H,6-7H2;1H. The molecule has 2 rings (SSSR count). The van der Waals surface area contributed by atoms with Crippen LogP contribution in [0.4, 0.5) is 17.6 Å². The maximum atomic E-state index is 13.3. The van der Waals surface area contributed by atoms with Crippen LogP contribution in [0.15, 0.2) is 30.5 Å². The number of halogens is 5. The molecule has 0 saturated heterocycles. The van der Waals surface area contributed by atoms with E-state index < -0.39 is 18.2 Å². The van der Waals surface area contributed by atoms with Crippen molar-refractivity contribution in [2.24, 2.45) is 0 Å². The summed E-state index contributed by atoms with van der Waals surface area (Å²) in [6.07, 6.45) is 1.26. The summed E-state index contributed by atoms with van der Waals surface area (Å²) in [7, 11) is 0. The molecular weight excluding hydrogens is 298 g/mol. The average molecular weight is 310 g/mol. The Morgan fingerprint density at radius 1 is 1.15 bits per heavy atom. The Morgan fingerprint density at radius 3 is 2.60 bits per heavy atom. The summed E-state index contributed by atoms with van der Waals surface area (Å²) in [6.45, 7) is -2.60. The molecule has 0 unspecified atom stereocenters. The zero-order valence-corrected chi connectivity index (χ0v) is 11.0. The Kier molecular flexibility index (Phi) is 5.97. The smallest absolute Gasteiger partial charge is 0.307 e. The van der Waals surface area contributed by atoms with E-state index in [1.54, 1.807) is 0 Å². The number of aromatic nitrogens is 2. The number of alkyl halides is 2. The Balaban J connectivity index is 0.00000200. The van der Waals surface area contributed by atoms with Crippen LogP contribution in [0.1, 0.15) is 17.8 Å². The highest BCUT2D eigenvalue weighted by Crippen LogP contribution is 2.13. The van der Waals surface area contributed by atoms with Crippen LogP contribution in [0.3, 0.4) is 0 Å². The molecule has 1 heterocycles. The minimum Gasteiger partial charge on any atom is -0.307 e. The second-order valence-corrected chi connectivity index (χ2v) is 3.88. The van der Waals surface area contributed by atoms with Gasteiger partial charge in [-0.05, 0) is 24.3 Å². The van der Waals surface area contributed by atoms with Crippen LogP contribution in [0.2, 0.25) is 0 Å². The van der Waals surface area contributed by atoms with Gasteiger partial charge in [0.25, 0.3) is 0 Å². The Labute approximate surface area is 119 Å². The molecular formula is C12H12ClF4N3. The lowest BCUT2D eigenvalue weighted by Gasteiger charge is -2.08. The first-order chi connectivity index (χ1) is 9.08. The van der Waals surface area contributed by atoms with Crippen LogP contribution >= 0.6 is 12.4 Å². The molecule has 0 spiro atoms. The van der Waals surface area contributed by atoms with Crippen molar-refractivity contribution >= 4 is 12.4 Å². The third kappa shape index (κ3) is 3.94.